The summed E-state index contributed by atoms with van der Waals surface area (Å²) in [5.41, 5.74) is 0.907. The van der Waals surface area contributed by atoms with Crippen LogP contribution in [0.1, 0.15) is 23.0 Å². The Morgan fingerprint density at radius 3 is 2.92 bits per heavy atom. The Bertz CT molecular complexity index is 827. The molecule has 2 aromatic rings. The highest BCUT2D eigenvalue weighted by Gasteiger charge is 2.33. The zero-order valence-corrected chi connectivity index (χ0v) is 14.4. The molecular formula is C17H13NO4S2. The molecule has 1 aliphatic rings. The van der Waals surface area contributed by atoms with Gasteiger partial charge in [-0.05, 0) is 37.3 Å². The molecule has 0 spiro atoms. The number of anilines is 1. The Balaban J connectivity index is 1.90. The highest BCUT2D eigenvalue weighted by atomic mass is 32.2. The van der Waals surface area contributed by atoms with Crippen molar-refractivity contribution in [2.24, 2.45) is 0 Å². The van der Waals surface area contributed by atoms with E-state index in [1.54, 1.807) is 49.4 Å². The SMILES string of the molecule is CCOC(=O)c1cccc(N2C(=O)C(=Cc3ccco3)SC2=S)c1. The molecule has 0 N–H and O–H groups in total. The lowest BCUT2D eigenvalue weighted by molar-refractivity contribution is -0.113. The first-order chi connectivity index (χ1) is 11.6. The van der Waals surface area contributed by atoms with E-state index in [-0.39, 0.29) is 12.5 Å². The van der Waals surface area contributed by atoms with Gasteiger partial charge in [-0.3, -0.25) is 9.69 Å². The van der Waals surface area contributed by atoms with Gasteiger partial charge >= 0.3 is 5.97 Å². The van der Waals surface area contributed by atoms with Crippen molar-refractivity contribution in [3.63, 3.8) is 0 Å². The smallest absolute Gasteiger partial charge is 0.338 e. The van der Waals surface area contributed by atoms with Crippen molar-refractivity contribution in [1.29, 1.82) is 0 Å². The first kappa shape index (κ1) is 16.5. The normalized spacial score (nSPS) is 16.0. The summed E-state index contributed by atoms with van der Waals surface area (Å²) in [6.07, 6.45) is 3.18. The van der Waals surface area contributed by atoms with E-state index >= 15 is 0 Å². The van der Waals surface area contributed by atoms with E-state index in [1.165, 1.54) is 22.9 Å². The molecule has 0 radical (unpaired) electrons. The molecular weight excluding hydrogens is 346 g/mol. The van der Waals surface area contributed by atoms with Gasteiger partial charge in [0.1, 0.15) is 5.76 Å². The molecule has 3 rings (SSSR count). The standard InChI is InChI=1S/C17H13NO4S2/c1-2-21-16(20)11-5-3-6-12(9-11)18-15(19)14(24-17(18)23)10-13-7-4-8-22-13/h3-10H,2H2,1H3. The number of thiocarbonyl (C=S) groups is 1. The second kappa shape index (κ2) is 7.02. The molecule has 1 aromatic heterocycles. The quantitative estimate of drug-likeness (QED) is 0.469. The third kappa shape index (κ3) is 3.27. The van der Waals surface area contributed by atoms with Crippen molar-refractivity contribution in [1.82, 2.24) is 0 Å². The van der Waals surface area contributed by atoms with Crippen LogP contribution in [0, 0.1) is 0 Å². The van der Waals surface area contributed by atoms with Gasteiger partial charge in [0, 0.05) is 6.08 Å². The Labute approximate surface area is 148 Å². The number of carbonyl (C=O) groups excluding carboxylic acids is 2. The summed E-state index contributed by atoms with van der Waals surface area (Å²) in [4.78, 5) is 26.4. The largest absolute Gasteiger partial charge is 0.465 e. The summed E-state index contributed by atoms with van der Waals surface area (Å²) in [7, 11) is 0. The number of ether oxygens (including phenoxy) is 1. The Hall–Kier alpha value is -2.38. The molecule has 0 unspecified atom stereocenters. The summed E-state index contributed by atoms with van der Waals surface area (Å²) in [5.74, 6) is -0.103. The topological polar surface area (TPSA) is 59.8 Å². The molecule has 1 aromatic carbocycles. The molecule has 0 aliphatic carbocycles. The minimum absolute atomic E-state index is 0.248. The van der Waals surface area contributed by atoms with Crippen LogP contribution >= 0.6 is 24.0 Å². The fraction of sp³-hybridized carbons (Fsp3) is 0.118. The van der Waals surface area contributed by atoms with Crippen LogP contribution in [0.3, 0.4) is 0 Å². The first-order valence-electron chi connectivity index (χ1n) is 7.19. The third-order valence-corrected chi connectivity index (χ3v) is 4.53. The molecule has 1 fully saturated rings. The molecule has 5 nitrogen and oxygen atoms in total. The maximum absolute atomic E-state index is 12.6. The van der Waals surface area contributed by atoms with E-state index in [1.807, 2.05) is 0 Å². The number of nitrogens with zero attached hydrogens (tertiary/aromatic N) is 1. The molecule has 0 saturated carbocycles. The van der Waals surface area contributed by atoms with Crippen LogP contribution in [0.2, 0.25) is 0 Å². The molecule has 1 aliphatic heterocycles. The van der Waals surface area contributed by atoms with Crippen LogP contribution in [0.15, 0.2) is 52.0 Å². The molecule has 24 heavy (non-hydrogen) atoms. The number of hydrogen-bond donors (Lipinski definition) is 0. The number of esters is 1. The molecule has 1 amide bonds. The lowest BCUT2D eigenvalue weighted by atomic mass is 10.2. The van der Waals surface area contributed by atoms with Gasteiger partial charge in [0.25, 0.3) is 5.91 Å². The van der Waals surface area contributed by atoms with E-state index in [0.717, 1.165) is 0 Å². The summed E-state index contributed by atoms with van der Waals surface area (Å²) in [5, 5.41) is 0. The van der Waals surface area contributed by atoms with Crippen molar-refractivity contribution < 1.29 is 18.7 Å². The van der Waals surface area contributed by atoms with E-state index in [4.69, 9.17) is 21.4 Å². The summed E-state index contributed by atoms with van der Waals surface area (Å²) in [6, 6.07) is 10.2. The summed E-state index contributed by atoms with van der Waals surface area (Å²) in [6.45, 7) is 2.03. The molecule has 7 heteroatoms. The Kier molecular flexibility index (Phi) is 4.82. The molecule has 0 bridgehead atoms. The Morgan fingerprint density at radius 1 is 1.38 bits per heavy atom. The van der Waals surface area contributed by atoms with E-state index < -0.39 is 5.97 Å². The predicted molar refractivity (Wildman–Crippen MR) is 96.8 cm³/mol. The van der Waals surface area contributed by atoms with Gasteiger partial charge in [0.15, 0.2) is 4.32 Å². The van der Waals surface area contributed by atoms with Gasteiger partial charge in [0.2, 0.25) is 0 Å². The second-order valence-corrected chi connectivity index (χ2v) is 6.48. The predicted octanol–water partition coefficient (Wildman–Crippen LogP) is 3.86. The Morgan fingerprint density at radius 2 is 2.21 bits per heavy atom. The van der Waals surface area contributed by atoms with Crippen LogP contribution in [0.4, 0.5) is 5.69 Å². The highest BCUT2D eigenvalue weighted by molar-refractivity contribution is 8.27. The lowest BCUT2D eigenvalue weighted by Crippen LogP contribution is -2.27. The van der Waals surface area contributed by atoms with Crippen molar-refractivity contribution in [2.45, 2.75) is 6.92 Å². The van der Waals surface area contributed by atoms with Crippen molar-refractivity contribution in [3.05, 3.63) is 58.9 Å². The van der Waals surface area contributed by atoms with Crippen molar-refractivity contribution >= 4 is 51.9 Å². The maximum Gasteiger partial charge on any atom is 0.338 e. The highest BCUT2D eigenvalue weighted by Crippen LogP contribution is 2.36. The second-order valence-electron chi connectivity index (χ2n) is 4.80. The third-order valence-electron chi connectivity index (χ3n) is 3.23. The number of carbonyl (C=O) groups is 2. The van der Waals surface area contributed by atoms with Gasteiger partial charge in [0.05, 0.1) is 29.0 Å². The number of furan rings is 1. The van der Waals surface area contributed by atoms with Crippen molar-refractivity contribution in [3.8, 4) is 0 Å². The number of rotatable bonds is 4. The summed E-state index contributed by atoms with van der Waals surface area (Å²) >= 11 is 6.51. The minimum atomic E-state index is -0.434. The molecule has 122 valence electrons. The molecule has 1 saturated heterocycles. The van der Waals surface area contributed by atoms with E-state index in [9.17, 15) is 9.59 Å². The number of benzene rings is 1. The fourth-order valence-corrected chi connectivity index (χ4v) is 3.46. The average Bonchev–Trinajstić information content (AvgIpc) is 3.17. The zero-order valence-electron chi connectivity index (χ0n) is 12.7. The number of thioether (sulfide) groups is 1. The zero-order chi connectivity index (χ0) is 17.1. The minimum Gasteiger partial charge on any atom is -0.465 e. The van der Waals surface area contributed by atoms with Crippen molar-refractivity contribution in [2.75, 3.05) is 11.5 Å². The van der Waals surface area contributed by atoms with Gasteiger partial charge in [-0.1, -0.05) is 30.0 Å². The van der Waals surface area contributed by atoms with Gasteiger partial charge in [-0.2, -0.15) is 0 Å². The monoisotopic (exact) mass is 359 g/mol. The first-order valence-corrected chi connectivity index (χ1v) is 8.41. The van der Waals surface area contributed by atoms with Crippen LogP contribution in [0.25, 0.3) is 6.08 Å². The number of amides is 1. The maximum atomic E-state index is 12.6. The fourth-order valence-electron chi connectivity index (χ4n) is 2.18. The van der Waals surface area contributed by atoms with Gasteiger partial charge in [-0.25, -0.2) is 4.79 Å². The van der Waals surface area contributed by atoms with Gasteiger partial charge < -0.3 is 9.15 Å². The average molecular weight is 359 g/mol. The van der Waals surface area contributed by atoms with Crippen LogP contribution in [0.5, 0.6) is 0 Å². The van der Waals surface area contributed by atoms with E-state index in [0.29, 0.717) is 26.2 Å². The molecule has 0 atom stereocenters. The van der Waals surface area contributed by atoms with Crippen LogP contribution < -0.4 is 4.90 Å². The lowest BCUT2D eigenvalue weighted by Gasteiger charge is -2.15. The number of hydrogen-bond acceptors (Lipinski definition) is 6. The van der Waals surface area contributed by atoms with E-state index in [2.05, 4.69) is 0 Å². The molecule has 2 heterocycles. The van der Waals surface area contributed by atoms with Crippen LogP contribution in [-0.4, -0.2) is 22.8 Å². The van der Waals surface area contributed by atoms with Gasteiger partial charge in [-0.15, -0.1) is 0 Å². The summed E-state index contributed by atoms with van der Waals surface area (Å²) < 4.78 is 10.6. The van der Waals surface area contributed by atoms with Crippen LogP contribution in [-0.2, 0) is 9.53 Å².